The summed E-state index contributed by atoms with van der Waals surface area (Å²) < 4.78 is 10.9. The second-order valence-electron chi connectivity index (χ2n) is 6.98. The molecule has 0 N–H and O–H groups in total. The number of hydrogen-bond donors (Lipinski definition) is 0. The van der Waals surface area contributed by atoms with E-state index >= 15 is 0 Å². The summed E-state index contributed by atoms with van der Waals surface area (Å²) in [5, 5.41) is 0. The Hall–Kier alpha value is -1.59. The molecular weight excluding hydrogens is 316 g/mol. The number of hydrogen-bond acceptors (Lipinski definition) is 4. The minimum absolute atomic E-state index is 0.133. The molecule has 2 aliphatic rings. The van der Waals surface area contributed by atoms with Crippen LogP contribution in [0.15, 0.2) is 24.3 Å². The summed E-state index contributed by atoms with van der Waals surface area (Å²) in [5.74, 6) is 0.946. The van der Waals surface area contributed by atoms with E-state index < -0.39 is 0 Å². The van der Waals surface area contributed by atoms with Gasteiger partial charge in [0.1, 0.15) is 12.4 Å². The summed E-state index contributed by atoms with van der Waals surface area (Å²) in [5.41, 5.74) is 1.03. The van der Waals surface area contributed by atoms with Gasteiger partial charge in [-0.3, -0.25) is 9.69 Å². The highest BCUT2D eigenvalue weighted by Gasteiger charge is 2.38. The van der Waals surface area contributed by atoms with Crippen LogP contribution in [0.2, 0.25) is 0 Å². The Morgan fingerprint density at radius 2 is 2.00 bits per heavy atom. The van der Waals surface area contributed by atoms with Gasteiger partial charge in [-0.15, -0.1) is 0 Å². The Balaban J connectivity index is 1.51. The average Bonchev–Trinajstić information content (AvgIpc) is 3.30. The Morgan fingerprint density at radius 3 is 2.80 bits per heavy atom. The molecule has 1 amide bonds. The van der Waals surface area contributed by atoms with Crippen molar-refractivity contribution in [1.82, 2.24) is 9.80 Å². The van der Waals surface area contributed by atoms with Crippen molar-refractivity contribution in [3.05, 3.63) is 29.8 Å². The normalized spacial score (nSPS) is 24.0. The van der Waals surface area contributed by atoms with Gasteiger partial charge in [-0.25, -0.2) is 0 Å². The molecule has 0 bridgehead atoms. The molecule has 2 atom stereocenters. The predicted molar refractivity (Wildman–Crippen MR) is 97.7 cm³/mol. The van der Waals surface area contributed by atoms with E-state index in [1.807, 2.05) is 24.3 Å². The topological polar surface area (TPSA) is 42.0 Å². The van der Waals surface area contributed by atoms with Crippen LogP contribution in [0.1, 0.15) is 38.2 Å². The number of ether oxygens (including phenoxy) is 2. The van der Waals surface area contributed by atoms with Crippen molar-refractivity contribution in [3.63, 3.8) is 0 Å². The maximum atomic E-state index is 12.7. The number of methoxy groups -OCH3 is 1. The molecule has 3 rings (SSSR count). The minimum Gasteiger partial charge on any atom is -0.497 e. The highest BCUT2D eigenvalue weighted by atomic mass is 16.5. The van der Waals surface area contributed by atoms with Crippen molar-refractivity contribution < 1.29 is 14.3 Å². The quantitative estimate of drug-likeness (QED) is 0.761. The van der Waals surface area contributed by atoms with Gasteiger partial charge in [-0.05, 0) is 56.5 Å². The largest absolute Gasteiger partial charge is 0.497 e. The van der Waals surface area contributed by atoms with Crippen LogP contribution < -0.4 is 4.74 Å². The van der Waals surface area contributed by atoms with Gasteiger partial charge in [0.2, 0.25) is 5.91 Å². The fraction of sp³-hybridized carbons (Fsp3) is 0.650. The first-order valence-electron chi connectivity index (χ1n) is 9.47. The van der Waals surface area contributed by atoms with Gasteiger partial charge in [0.15, 0.2) is 0 Å². The third kappa shape index (κ3) is 4.33. The predicted octanol–water partition coefficient (Wildman–Crippen LogP) is 2.69. The van der Waals surface area contributed by atoms with E-state index in [-0.39, 0.29) is 12.5 Å². The van der Waals surface area contributed by atoms with Gasteiger partial charge < -0.3 is 14.4 Å². The van der Waals surface area contributed by atoms with Crippen LogP contribution >= 0.6 is 0 Å². The van der Waals surface area contributed by atoms with E-state index in [1.165, 1.54) is 19.4 Å². The molecule has 1 aromatic rings. The maximum Gasteiger partial charge on any atom is 0.248 e. The average molecular weight is 346 g/mol. The fourth-order valence-corrected chi connectivity index (χ4v) is 4.28. The summed E-state index contributed by atoms with van der Waals surface area (Å²) in [4.78, 5) is 17.3. The zero-order valence-corrected chi connectivity index (χ0v) is 15.4. The van der Waals surface area contributed by atoms with E-state index in [4.69, 9.17) is 9.47 Å². The highest BCUT2D eigenvalue weighted by molar-refractivity contribution is 5.78. The van der Waals surface area contributed by atoms with Gasteiger partial charge in [-0.1, -0.05) is 19.1 Å². The second-order valence-corrected chi connectivity index (χ2v) is 6.98. The number of carbonyl (C=O) groups excluding carboxylic acids is 1. The summed E-state index contributed by atoms with van der Waals surface area (Å²) in [7, 11) is 1.65. The lowest BCUT2D eigenvalue weighted by Gasteiger charge is -2.34. The molecule has 0 unspecified atom stereocenters. The SMILES string of the molecule is CCN1CCC[C@@H]1[C@@H]1CCCN1C(=O)COCc1cccc(OC)c1. The molecule has 0 aliphatic carbocycles. The first kappa shape index (κ1) is 18.2. The Bertz CT molecular complexity index is 578. The third-order valence-corrected chi connectivity index (χ3v) is 5.51. The molecule has 0 aromatic heterocycles. The minimum atomic E-state index is 0.133. The van der Waals surface area contributed by atoms with Crippen molar-refractivity contribution >= 4 is 5.91 Å². The second kappa shape index (κ2) is 8.68. The van der Waals surface area contributed by atoms with Crippen molar-refractivity contribution in [2.75, 3.05) is 33.4 Å². The van der Waals surface area contributed by atoms with Gasteiger partial charge in [0.05, 0.1) is 13.7 Å². The highest BCUT2D eigenvalue weighted by Crippen LogP contribution is 2.29. The maximum absolute atomic E-state index is 12.7. The summed E-state index contributed by atoms with van der Waals surface area (Å²) >= 11 is 0. The lowest BCUT2D eigenvalue weighted by molar-refractivity contribution is -0.138. The van der Waals surface area contributed by atoms with Crippen LogP contribution in [0, 0.1) is 0 Å². The fourth-order valence-electron chi connectivity index (χ4n) is 4.28. The Kier molecular flexibility index (Phi) is 6.32. The monoisotopic (exact) mass is 346 g/mol. The molecule has 2 aliphatic heterocycles. The van der Waals surface area contributed by atoms with Crippen molar-refractivity contribution in [2.24, 2.45) is 0 Å². The molecule has 2 fully saturated rings. The van der Waals surface area contributed by atoms with Crippen LogP contribution in [0.25, 0.3) is 0 Å². The van der Waals surface area contributed by atoms with Gasteiger partial charge in [0, 0.05) is 18.6 Å². The molecule has 2 heterocycles. The lowest BCUT2D eigenvalue weighted by atomic mass is 10.0. The first-order chi connectivity index (χ1) is 12.2. The van der Waals surface area contributed by atoms with Crippen LogP contribution in [0.3, 0.4) is 0 Å². The number of amides is 1. The van der Waals surface area contributed by atoms with Gasteiger partial charge >= 0.3 is 0 Å². The van der Waals surface area contributed by atoms with Gasteiger partial charge in [0.25, 0.3) is 0 Å². The van der Waals surface area contributed by atoms with E-state index in [1.54, 1.807) is 7.11 Å². The smallest absolute Gasteiger partial charge is 0.248 e. The Morgan fingerprint density at radius 1 is 1.20 bits per heavy atom. The summed E-state index contributed by atoms with van der Waals surface area (Å²) in [6, 6.07) is 8.69. The molecule has 0 spiro atoms. The molecular formula is C20H30N2O3. The van der Waals surface area contributed by atoms with Crippen LogP contribution in [-0.2, 0) is 16.1 Å². The molecule has 138 valence electrons. The standard InChI is InChI=1S/C20H30N2O3/c1-3-21-11-5-9-18(21)19-10-6-12-22(19)20(23)15-25-14-16-7-4-8-17(13-16)24-2/h4,7-8,13,18-19H,3,5-6,9-12,14-15H2,1-2H3/t18-,19+/m1/s1. The molecule has 1 aromatic carbocycles. The van der Waals surface area contributed by atoms with Crippen molar-refractivity contribution in [2.45, 2.75) is 51.3 Å². The molecule has 0 radical (unpaired) electrons. The number of rotatable bonds is 7. The van der Waals surface area contributed by atoms with Crippen LogP contribution in [0.5, 0.6) is 5.75 Å². The number of benzene rings is 1. The van der Waals surface area contributed by atoms with E-state index in [0.717, 1.165) is 37.2 Å². The number of carbonyl (C=O) groups is 1. The van der Waals surface area contributed by atoms with E-state index in [2.05, 4.69) is 16.7 Å². The third-order valence-electron chi connectivity index (χ3n) is 5.51. The molecule has 25 heavy (non-hydrogen) atoms. The molecule has 5 heteroatoms. The van der Waals surface area contributed by atoms with Crippen molar-refractivity contribution in [1.29, 1.82) is 0 Å². The number of likely N-dealkylation sites (N-methyl/N-ethyl adjacent to an activating group) is 1. The van der Waals surface area contributed by atoms with Crippen LogP contribution in [0.4, 0.5) is 0 Å². The lowest BCUT2D eigenvalue weighted by Crippen LogP contribution is -2.49. The van der Waals surface area contributed by atoms with E-state index in [0.29, 0.717) is 18.7 Å². The number of nitrogens with zero attached hydrogens (tertiary/aromatic N) is 2. The summed E-state index contributed by atoms with van der Waals surface area (Å²) in [6.07, 6.45) is 4.71. The zero-order chi connectivity index (χ0) is 17.6. The molecule has 0 saturated carbocycles. The number of likely N-dealkylation sites (tertiary alicyclic amines) is 2. The summed E-state index contributed by atoms with van der Waals surface area (Å²) in [6.45, 7) is 5.94. The molecule has 5 nitrogen and oxygen atoms in total. The first-order valence-corrected chi connectivity index (χ1v) is 9.47. The molecule has 2 saturated heterocycles. The Labute approximate surface area is 150 Å². The zero-order valence-electron chi connectivity index (χ0n) is 15.4. The van der Waals surface area contributed by atoms with Crippen molar-refractivity contribution in [3.8, 4) is 5.75 Å². The van der Waals surface area contributed by atoms with Gasteiger partial charge in [-0.2, -0.15) is 0 Å². The van der Waals surface area contributed by atoms with E-state index in [9.17, 15) is 4.79 Å². The van der Waals surface area contributed by atoms with Crippen LogP contribution in [-0.4, -0.2) is 61.1 Å².